The highest BCUT2D eigenvalue weighted by Crippen LogP contribution is 2.24. The van der Waals surface area contributed by atoms with Gasteiger partial charge in [-0.1, -0.05) is 30.7 Å². The number of halogens is 1. The minimum absolute atomic E-state index is 0.632. The predicted octanol–water partition coefficient (Wildman–Crippen LogP) is 4.36. The topological polar surface area (TPSA) is 33.6 Å². The van der Waals surface area contributed by atoms with E-state index in [1.54, 1.807) is 0 Å². The summed E-state index contributed by atoms with van der Waals surface area (Å²) < 4.78 is 2.68. The van der Waals surface area contributed by atoms with Crippen LogP contribution in [-0.4, -0.2) is 14.5 Å². The minimum Gasteiger partial charge on any atom is -0.331 e. The molecule has 0 bridgehead atoms. The van der Waals surface area contributed by atoms with Gasteiger partial charge in [0.05, 0.1) is 28.3 Å². The van der Waals surface area contributed by atoms with Gasteiger partial charge in [0.1, 0.15) is 0 Å². The van der Waals surface area contributed by atoms with Crippen molar-refractivity contribution in [1.82, 2.24) is 14.5 Å². The summed E-state index contributed by atoms with van der Waals surface area (Å²) in [6.45, 7) is 2.76. The molecule has 0 aliphatic rings. The quantitative estimate of drug-likeness (QED) is 0.729. The molecule has 3 aromatic rings. The van der Waals surface area contributed by atoms with Crippen LogP contribution in [0.1, 0.15) is 18.2 Å². The van der Waals surface area contributed by atoms with Crippen molar-refractivity contribution in [2.24, 2.45) is 0 Å². The first-order chi connectivity index (χ1) is 9.70. The van der Waals surface area contributed by atoms with Crippen molar-refractivity contribution in [3.05, 3.63) is 57.6 Å². The molecule has 3 nitrogen and oxygen atoms in total. The molecule has 1 aromatic carbocycles. The smallest absolute Gasteiger partial charge is 0.178 e. The summed E-state index contributed by atoms with van der Waals surface area (Å²) >= 11 is 11.7. The number of nitrogens with zero attached hydrogens (tertiary/aromatic N) is 2. The van der Waals surface area contributed by atoms with Gasteiger partial charge in [-0.3, -0.25) is 4.98 Å². The van der Waals surface area contributed by atoms with Gasteiger partial charge in [-0.25, -0.2) is 0 Å². The van der Waals surface area contributed by atoms with Crippen LogP contribution in [0.15, 0.2) is 36.5 Å². The molecule has 0 radical (unpaired) electrons. The fourth-order valence-corrected chi connectivity index (χ4v) is 2.95. The second-order valence-electron chi connectivity index (χ2n) is 4.62. The average Bonchev–Trinajstić information content (AvgIpc) is 2.77. The molecular weight excluding hydrogens is 290 g/mol. The van der Waals surface area contributed by atoms with Crippen molar-refractivity contribution in [2.45, 2.75) is 19.9 Å². The zero-order valence-electron chi connectivity index (χ0n) is 11.1. The minimum atomic E-state index is 0.632. The van der Waals surface area contributed by atoms with Crippen LogP contribution in [0.5, 0.6) is 0 Å². The van der Waals surface area contributed by atoms with Crippen molar-refractivity contribution in [1.29, 1.82) is 0 Å². The zero-order chi connectivity index (χ0) is 14.1. The Balaban J connectivity index is 2.16. The van der Waals surface area contributed by atoms with Crippen LogP contribution >= 0.6 is 23.8 Å². The molecule has 20 heavy (non-hydrogen) atoms. The van der Waals surface area contributed by atoms with Crippen LogP contribution in [0.4, 0.5) is 0 Å². The van der Waals surface area contributed by atoms with E-state index < -0.39 is 0 Å². The van der Waals surface area contributed by atoms with E-state index >= 15 is 0 Å². The summed E-state index contributed by atoms with van der Waals surface area (Å²) in [4.78, 5) is 7.67. The number of aromatic nitrogens is 3. The van der Waals surface area contributed by atoms with Crippen LogP contribution in [0, 0.1) is 4.77 Å². The SMILES string of the molecule is CCc1cccnc1Cn1c(=S)[nH]c2cccc(Cl)c21. The van der Waals surface area contributed by atoms with E-state index in [4.69, 9.17) is 23.8 Å². The van der Waals surface area contributed by atoms with Gasteiger partial charge in [0.2, 0.25) is 0 Å². The molecule has 0 amide bonds. The van der Waals surface area contributed by atoms with Crippen LogP contribution in [0.25, 0.3) is 11.0 Å². The summed E-state index contributed by atoms with van der Waals surface area (Å²) in [7, 11) is 0. The molecule has 1 N–H and O–H groups in total. The largest absolute Gasteiger partial charge is 0.331 e. The Kier molecular flexibility index (Phi) is 3.59. The highest BCUT2D eigenvalue weighted by molar-refractivity contribution is 7.71. The first-order valence-electron chi connectivity index (χ1n) is 6.50. The lowest BCUT2D eigenvalue weighted by molar-refractivity contribution is 0.771. The lowest BCUT2D eigenvalue weighted by Crippen LogP contribution is -2.05. The number of nitrogens with one attached hydrogen (secondary N) is 1. The molecule has 0 atom stereocenters. The fraction of sp³-hybridized carbons (Fsp3) is 0.200. The van der Waals surface area contributed by atoms with Gasteiger partial charge >= 0.3 is 0 Å². The van der Waals surface area contributed by atoms with Gasteiger partial charge in [-0.2, -0.15) is 0 Å². The average molecular weight is 304 g/mol. The molecule has 0 spiro atoms. The Bertz CT molecular complexity index is 819. The summed E-state index contributed by atoms with van der Waals surface area (Å²) in [6.07, 6.45) is 2.77. The molecule has 2 aromatic heterocycles. The molecule has 0 saturated carbocycles. The number of hydrogen-bond acceptors (Lipinski definition) is 2. The maximum atomic E-state index is 6.31. The lowest BCUT2D eigenvalue weighted by Gasteiger charge is -2.09. The van der Waals surface area contributed by atoms with Crippen molar-refractivity contribution in [3.8, 4) is 0 Å². The van der Waals surface area contributed by atoms with Gasteiger partial charge in [0.25, 0.3) is 0 Å². The summed E-state index contributed by atoms with van der Waals surface area (Å²) in [5.41, 5.74) is 4.16. The maximum Gasteiger partial charge on any atom is 0.178 e. The second-order valence-corrected chi connectivity index (χ2v) is 5.41. The molecule has 5 heteroatoms. The van der Waals surface area contributed by atoms with Crippen LogP contribution in [0.3, 0.4) is 0 Å². The van der Waals surface area contributed by atoms with Crippen LogP contribution in [0.2, 0.25) is 5.02 Å². The number of aromatic amines is 1. The van der Waals surface area contributed by atoms with Crippen molar-refractivity contribution in [2.75, 3.05) is 0 Å². The highest BCUT2D eigenvalue weighted by Gasteiger charge is 2.10. The molecule has 0 saturated heterocycles. The second kappa shape index (κ2) is 5.38. The van der Waals surface area contributed by atoms with Crippen LogP contribution < -0.4 is 0 Å². The van der Waals surface area contributed by atoms with E-state index in [1.165, 1.54) is 5.56 Å². The van der Waals surface area contributed by atoms with Gasteiger partial charge in [-0.05, 0) is 42.4 Å². The third-order valence-electron chi connectivity index (χ3n) is 3.42. The normalized spacial score (nSPS) is 11.1. The molecule has 102 valence electrons. The first kappa shape index (κ1) is 13.3. The van der Waals surface area contributed by atoms with E-state index in [9.17, 15) is 0 Å². The number of pyridine rings is 1. The number of rotatable bonds is 3. The Morgan fingerprint density at radius 3 is 2.95 bits per heavy atom. The van der Waals surface area contributed by atoms with E-state index in [-0.39, 0.29) is 0 Å². The van der Waals surface area contributed by atoms with Crippen molar-refractivity contribution >= 4 is 34.9 Å². The predicted molar refractivity (Wildman–Crippen MR) is 84.8 cm³/mol. The van der Waals surface area contributed by atoms with Gasteiger partial charge in [-0.15, -0.1) is 0 Å². The third-order valence-corrected chi connectivity index (χ3v) is 4.04. The Morgan fingerprint density at radius 2 is 2.15 bits per heavy atom. The number of imidazole rings is 1. The molecular formula is C15H14ClN3S. The summed E-state index contributed by atoms with van der Waals surface area (Å²) in [5, 5.41) is 0.698. The van der Waals surface area contributed by atoms with E-state index in [0.717, 1.165) is 23.1 Å². The Hall–Kier alpha value is -1.65. The van der Waals surface area contributed by atoms with Gasteiger partial charge in [0, 0.05) is 6.20 Å². The van der Waals surface area contributed by atoms with Gasteiger partial charge < -0.3 is 9.55 Å². The number of H-pyrrole nitrogens is 1. The van der Waals surface area contributed by atoms with Crippen molar-refractivity contribution < 1.29 is 0 Å². The fourth-order valence-electron chi connectivity index (χ4n) is 2.41. The molecule has 0 unspecified atom stereocenters. The number of aryl methyl sites for hydroxylation is 1. The number of para-hydroxylation sites is 1. The molecule has 3 rings (SSSR count). The monoisotopic (exact) mass is 303 g/mol. The standard InChI is InChI=1S/C15H14ClN3S/c1-2-10-5-4-8-17-13(10)9-19-14-11(16)6-3-7-12(14)18-15(19)20/h3-8H,2,9H2,1H3,(H,18,20). The Labute approximate surface area is 127 Å². The highest BCUT2D eigenvalue weighted by atomic mass is 35.5. The molecule has 0 aliphatic carbocycles. The van der Waals surface area contributed by atoms with Gasteiger partial charge in [0.15, 0.2) is 4.77 Å². The number of benzene rings is 1. The first-order valence-corrected chi connectivity index (χ1v) is 7.29. The third kappa shape index (κ3) is 2.25. The number of hydrogen-bond donors (Lipinski definition) is 1. The lowest BCUT2D eigenvalue weighted by atomic mass is 10.1. The summed E-state index contributed by atoms with van der Waals surface area (Å²) in [6, 6.07) is 9.83. The zero-order valence-corrected chi connectivity index (χ0v) is 12.6. The summed E-state index contributed by atoms with van der Waals surface area (Å²) in [5.74, 6) is 0. The van der Waals surface area contributed by atoms with E-state index in [2.05, 4.69) is 23.0 Å². The molecule has 0 aliphatic heterocycles. The van der Waals surface area contributed by atoms with E-state index in [1.807, 2.05) is 35.0 Å². The van der Waals surface area contributed by atoms with Crippen molar-refractivity contribution in [3.63, 3.8) is 0 Å². The number of fused-ring (bicyclic) bond motifs is 1. The molecule has 2 heterocycles. The van der Waals surface area contributed by atoms with Crippen LogP contribution in [-0.2, 0) is 13.0 Å². The Morgan fingerprint density at radius 1 is 1.30 bits per heavy atom. The van der Waals surface area contributed by atoms with E-state index in [0.29, 0.717) is 16.3 Å². The maximum absolute atomic E-state index is 6.31. The molecule has 0 fully saturated rings.